The van der Waals surface area contributed by atoms with Gasteiger partial charge in [-0.05, 0) is 30.7 Å². The SMILES string of the molecule is NC1CCCC2CN(C(=O)c3ccc([N+](=O)[O-])cc3F)CC12. The Bertz CT molecular complexity index is 622. The Morgan fingerprint density at radius 1 is 1.36 bits per heavy atom. The molecule has 1 aliphatic heterocycles. The number of amides is 1. The number of nitro groups is 1. The topological polar surface area (TPSA) is 89.5 Å². The molecule has 1 heterocycles. The number of hydrogen-bond acceptors (Lipinski definition) is 4. The van der Waals surface area contributed by atoms with Crippen molar-refractivity contribution >= 4 is 11.6 Å². The molecule has 3 atom stereocenters. The van der Waals surface area contributed by atoms with Crippen molar-refractivity contribution in [1.82, 2.24) is 4.90 Å². The molecule has 0 bridgehead atoms. The van der Waals surface area contributed by atoms with E-state index < -0.39 is 16.6 Å². The average molecular weight is 307 g/mol. The fourth-order valence-corrected chi connectivity index (χ4v) is 3.64. The maximum atomic E-state index is 14.0. The number of halogens is 1. The highest BCUT2D eigenvalue weighted by Gasteiger charge is 2.40. The number of non-ortho nitro benzene ring substituents is 1. The molecule has 2 fully saturated rings. The van der Waals surface area contributed by atoms with Gasteiger partial charge in [0.05, 0.1) is 16.6 Å². The van der Waals surface area contributed by atoms with Crippen molar-refractivity contribution in [2.75, 3.05) is 13.1 Å². The number of carbonyl (C=O) groups is 1. The molecule has 7 heteroatoms. The highest BCUT2D eigenvalue weighted by Crippen LogP contribution is 2.36. The highest BCUT2D eigenvalue weighted by molar-refractivity contribution is 5.95. The lowest BCUT2D eigenvalue weighted by Crippen LogP contribution is -2.38. The minimum absolute atomic E-state index is 0.0956. The summed E-state index contributed by atoms with van der Waals surface area (Å²) in [7, 11) is 0. The van der Waals surface area contributed by atoms with Crippen molar-refractivity contribution in [3.8, 4) is 0 Å². The number of carbonyl (C=O) groups excluding carboxylic acids is 1. The number of nitrogens with two attached hydrogens (primary N) is 1. The molecule has 0 radical (unpaired) electrons. The van der Waals surface area contributed by atoms with Gasteiger partial charge in [0.2, 0.25) is 0 Å². The third-order valence-corrected chi connectivity index (χ3v) is 4.84. The molecule has 1 aromatic carbocycles. The molecule has 2 N–H and O–H groups in total. The molecule has 1 saturated carbocycles. The molecule has 0 aromatic heterocycles. The third-order valence-electron chi connectivity index (χ3n) is 4.84. The first-order valence-electron chi connectivity index (χ1n) is 7.46. The van der Waals surface area contributed by atoms with Crippen molar-refractivity contribution < 1.29 is 14.1 Å². The summed E-state index contributed by atoms with van der Waals surface area (Å²) >= 11 is 0. The van der Waals surface area contributed by atoms with Crippen molar-refractivity contribution in [2.45, 2.75) is 25.3 Å². The smallest absolute Gasteiger partial charge is 0.272 e. The van der Waals surface area contributed by atoms with E-state index >= 15 is 0 Å². The van der Waals surface area contributed by atoms with Crippen LogP contribution in [-0.4, -0.2) is 34.9 Å². The summed E-state index contributed by atoms with van der Waals surface area (Å²) in [6.07, 6.45) is 3.08. The van der Waals surface area contributed by atoms with Gasteiger partial charge in [0.25, 0.3) is 11.6 Å². The van der Waals surface area contributed by atoms with Gasteiger partial charge in [-0.1, -0.05) is 6.42 Å². The number of benzene rings is 1. The molecule has 3 rings (SSSR count). The monoisotopic (exact) mass is 307 g/mol. The predicted octanol–water partition coefficient (Wildman–Crippen LogP) is 1.93. The van der Waals surface area contributed by atoms with E-state index in [1.807, 2.05) is 0 Å². The molecule has 1 aliphatic carbocycles. The quantitative estimate of drug-likeness (QED) is 0.668. The van der Waals surface area contributed by atoms with Crippen LogP contribution >= 0.6 is 0 Å². The summed E-state index contributed by atoms with van der Waals surface area (Å²) in [5.41, 5.74) is 5.65. The number of rotatable bonds is 2. The Kier molecular flexibility index (Phi) is 3.82. The van der Waals surface area contributed by atoms with Crippen molar-refractivity contribution in [3.05, 3.63) is 39.7 Å². The predicted molar refractivity (Wildman–Crippen MR) is 77.8 cm³/mol. The molecule has 118 valence electrons. The Morgan fingerprint density at radius 3 is 2.77 bits per heavy atom. The van der Waals surface area contributed by atoms with Crippen LogP contribution < -0.4 is 5.73 Å². The van der Waals surface area contributed by atoms with Crippen LogP contribution in [0.4, 0.5) is 10.1 Å². The van der Waals surface area contributed by atoms with Crippen LogP contribution in [0.15, 0.2) is 18.2 Å². The lowest BCUT2D eigenvalue weighted by molar-refractivity contribution is -0.385. The van der Waals surface area contributed by atoms with Crippen LogP contribution in [0.5, 0.6) is 0 Å². The molecule has 2 aliphatic rings. The summed E-state index contributed by atoms with van der Waals surface area (Å²) < 4.78 is 14.0. The van der Waals surface area contributed by atoms with Gasteiger partial charge < -0.3 is 10.6 Å². The standard InChI is InChI=1S/C15H18FN3O3/c16-13-6-10(19(21)22)4-5-11(13)15(20)18-7-9-2-1-3-14(17)12(9)8-18/h4-6,9,12,14H,1-3,7-8,17H2. The van der Waals surface area contributed by atoms with Gasteiger partial charge in [0, 0.05) is 25.2 Å². The maximum absolute atomic E-state index is 14.0. The van der Waals surface area contributed by atoms with E-state index in [9.17, 15) is 19.3 Å². The van der Waals surface area contributed by atoms with Gasteiger partial charge in [-0.3, -0.25) is 14.9 Å². The zero-order valence-corrected chi connectivity index (χ0v) is 12.1. The van der Waals surface area contributed by atoms with Gasteiger partial charge in [-0.25, -0.2) is 4.39 Å². The van der Waals surface area contributed by atoms with E-state index in [-0.39, 0.29) is 23.2 Å². The molecule has 0 spiro atoms. The number of nitro benzene ring substituents is 1. The minimum atomic E-state index is -0.849. The lowest BCUT2D eigenvalue weighted by atomic mass is 9.78. The van der Waals surface area contributed by atoms with Crippen LogP contribution in [0.25, 0.3) is 0 Å². The molecule has 3 unspecified atom stereocenters. The maximum Gasteiger partial charge on any atom is 0.272 e. The molecule has 1 aromatic rings. The molecular weight excluding hydrogens is 289 g/mol. The molecular formula is C15H18FN3O3. The lowest BCUT2D eigenvalue weighted by Gasteiger charge is -2.29. The second-order valence-corrected chi connectivity index (χ2v) is 6.15. The number of nitrogens with zero attached hydrogens (tertiary/aromatic N) is 2. The van der Waals surface area contributed by atoms with Crippen LogP contribution in [-0.2, 0) is 0 Å². The van der Waals surface area contributed by atoms with Crippen molar-refractivity contribution in [1.29, 1.82) is 0 Å². The zero-order chi connectivity index (χ0) is 15.9. The van der Waals surface area contributed by atoms with E-state index in [0.29, 0.717) is 19.0 Å². The van der Waals surface area contributed by atoms with Gasteiger partial charge >= 0.3 is 0 Å². The first-order valence-corrected chi connectivity index (χ1v) is 7.46. The average Bonchev–Trinajstić information content (AvgIpc) is 2.92. The molecule has 6 nitrogen and oxygen atoms in total. The van der Waals surface area contributed by atoms with E-state index in [1.165, 1.54) is 6.07 Å². The number of fused-ring (bicyclic) bond motifs is 1. The van der Waals surface area contributed by atoms with Gasteiger partial charge in [0.15, 0.2) is 0 Å². The van der Waals surface area contributed by atoms with Crippen LogP contribution in [0.1, 0.15) is 29.6 Å². The second kappa shape index (κ2) is 5.64. The Balaban J connectivity index is 1.79. The Hall–Kier alpha value is -2.02. The van der Waals surface area contributed by atoms with Gasteiger partial charge in [-0.15, -0.1) is 0 Å². The first kappa shape index (κ1) is 14.9. The van der Waals surface area contributed by atoms with Crippen molar-refractivity contribution in [3.63, 3.8) is 0 Å². The Labute approximate surface area is 127 Å². The van der Waals surface area contributed by atoms with Crippen LogP contribution in [0, 0.1) is 27.8 Å². The van der Waals surface area contributed by atoms with Crippen LogP contribution in [0.2, 0.25) is 0 Å². The summed E-state index contributed by atoms with van der Waals surface area (Å²) in [6.45, 7) is 1.13. The van der Waals surface area contributed by atoms with E-state index in [0.717, 1.165) is 31.4 Å². The second-order valence-electron chi connectivity index (χ2n) is 6.15. The zero-order valence-electron chi connectivity index (χ0n) is 12.1. The first-order chi connectivity index (χ1) is 10.5. The Morgan fingerprint density at radius 2 is 2.14 bits per heavy atom. The molecule has 1 saturated heterocycles. The summed E-state index contributed by atoms with van der Waals surface area (Å²) in [6, 6.07) is 3.24. The fourth-order valence-electron chi connectivity index (χ4n) is 3.64. The molecule has 1 amide bonds. The van der Waals surface area contributed by atoms with E-state index in [2.05, 4.69) is 0 Å². The van der Waals surface area contributed by atoms with Gasteiger partial charge in [0.1, 0.15) is 5.82 Å². The summed E-state index contributed by atoms with van der Waals surface area (Å²) in [4.78, 5) is 24.1. The fraction of sp³-hybridized carbons (Fsp3) is 0.533. The van der Waals surface area contributed by atoms with E-state index in [4.69, 9.17) is 5.73 Å². The highest BCUT2D eigenvalue weighted by atomic mass is 19.1. The minimum Gasteiger partial charge on any atom is -0.338 e. The summed E-state index contributed by atoms with van der Waals surface area (Å²) in [5.74, 6) is -0.597. The number of likely N-dealkylation sites (tertiary alicyclic amines) is 1. The number of hydrogen-bond donors (Lipinski definition) is 1. The van der Waals surface area contributed by atoms with Gasteiger partial charge in [-0.2, -0.15) is 0 Å². The van der Waals surface area contributed by atoms with E-state index in [1.54, 1.807) is 4.90 Å². The molecule has 22 heavy (non-hydrogen) atoms. The van der Waals surface area contributed by atoms with Crippen LogP contribution in [0.3, 0.4) is 0 Å². The largest absolute Gasteiger partial charge is 0.338 e. The third kappa shape index (κ3) is 2.56. The normalized spacial score (nSPS) is 27.5. The van der Waals surface area contributed by atoms with Crippen molar-refractivity contribution in [2.24, 2.45) is 17.6 Å². The summed E-state index contributed by atoms with van der Waals surface area (Å²) in [5, 5.41) is 10.6.